The second kappa shape index (κ2) is 4.61. The zero-order chi connectivity index (χ0) is 11.7. The predicted octanol–water partition coefficient (Wildman–Crippen LogP) is 2.29. The summed E-state index contributed by atoms with van der Waals surface area (Å²) in [5.74, 6) is 1.71. The topological polar surface area (TPSA) is 29.1 Å². The maximum absolute atomic E-state index is 11.8. The van der Waals surface area contributed by atoms with Gasteiger partial charge in [0.25, 0.3) is 0 Å². The number of fused-ring (bicyclic) bond motifs is 1. The van der Waals surface area contributed by atoms with E-state index in [1.54, 1.807) is 0 Å². The van der Waals surface area contributed by atoms with E-state index in [4.69, 9.17) is 0 Å². The molecule has 90 valence electrons. The molecule has 0 radical (unpaired) electrons. The van der Waals surface area contributed by atoms with E-state index in [0.29, 0.717) is 24.7 Å². The lowest BCUT2D eigenvalue weighted by molar-refractivity contribution is -0.118. The molecular formula is C15H19NO. The zero-order valence-corrected chi connectivity index (χ0v) is 10.1. The Bertz CT molecular complexity index is 423. The Balaban J connectivity index is 1.43. The fourth-order valence-electron chi connectivity index (χ4n) is 2.63. The molecule has 0 spiro atoms. The van der Waals surface area contributed by atoms with Crippen LogP contribution in [0.3, 0.4) is 0 Å². The molecule has 1 N–H and O–H groups in total. The number of hydrogen-bond acceptors (Lipinski definition) is 2. The molecule has 1 fully saturated rings. The third kappa shape index (κ3) is 2.58. The lowest BCUT2D eigenvalue weighted by Crippen LogP contribution is -2.28. The fraction of sp³-hybridized carbons (Fsp3) is 0.533. The van der Waals surface area contributed by atoms with Gasteiger partial charge >= 0.3 is 0 Å². The van der Waals surface area contributed by atoms with Gasteiger partial charge in [0.1, 0.15) is 5.78 Å². The summed E-state index contributed by atoms with van der Waals surface area (Å²) in [5, 5.41) is 3.28. The van der Waals surface area contributed by atoms with E-state index in [1.807, 2.05) is 0 Å². The van der Waals surface area contributed by atoms with Crippen LogP contribution in [0.5, 0.6) is 0 Å². The second-order valence-electron chi connectivity index (χ2n) is 5.42. The number of hydrogen-bond donors (Lipinski definition) is 1. The van der Waals surface area contributed by atoms with E-state index >= 15 is 0 Å². The lowest BCUT2D eigenvalue weighted by atomic mass is 9.75. The molecule has 1 atom stereocenters. The number of nitrogens with one attached hydrogen (secondary N) is 1. The standard InChI is InChI=1S/C15H19NO/c17-14(10-16-9-11-5-6-11)8-13-7-12-3-1-2-4-15(12)13/h1-4,11,13,16H,5-10H2. The minimum absolute atomic E-state index is 0.366. The summed E-state index contributed by atoms with van der Waals surface area (Å²) in [6.07, 6.45) is 4.49. The van der Waals surface area contributed by atoms with E-state index in [0.717, 1.165) is 18.9 Å². The predicted molar refractivity (Wildman–Crippen MR) is 68.1 cm³/mol. The van der Waals surface area contributed by atoms with E-state index in [-0.39, 0.29) is 0 Å². The third-order valence-corrected chi connectivity index (χ3v) is 3.89. The van der Waals surface area contributed by atoms with E-state index in [1.165, 1.54) is 24.0 Å². The Kier molecular flexibility index (Phi) is 2.98. The van der Waals surface area contributed by atoms with Gasteiger partial charge in [-0.15, -0.1) is 0 Å². The minimum Gasteiger partial charge on any atom is -0.310 e. The molecule has 2 aliphatic rings. The molecule has 2 nitrogen and oxygen atoms in total. The van der Waals surface area contributed by atoms with E-state index in [2.05, 4.69) is 29.6 Å². The first-order valence-corrected chi connectivity index (χ1v) is 6.63. The SMILES string of the molecule is O=C(CNCC1CC1)CC1Cc2ccccc21. The molecule has 0 aliphatic heterocycles. The molecule has 17 heavy (non-hydrogen) atoms. The average Bonchev–Trinajstić information content (AvgIpc) is 3.10. The van der Waals surface area contributed by atoms with Gasteiger partial charge in [-0.3, -0.25) is 4.79 Å². The molecule has 3 rings (SSSR count). The summed E-state index contributed by atoms with van der Waals surface area (Å²) < 4.78 is 0. The quantitative estimate of drug-likeness (QED) is 0.811. The van der Waals surface area contributed by atoms with Crippen molar-refractivity contribution in [3.63, 3.8) is 0 Å². The molecule has 0 aromatic heterocycles. The zero-order valence-electron chi connectivity index (χ0n) is 10.1. The van der Waals surface area contributed by atoms with Crippen molar-refractivity contribution in [1.29, 1.82) is 0 Å². The molecule has 0 saturated heterocycles. The van der Waals surface area contributed by atoms with Crippen molar-refractivity contribution >= 4 is 5.78 Å². The van der Waals surface area contributed by atoms with Crippen LogP contribution < -0.4 is 5.32 Å². The number of carbonyl (C=O) groups is 1. The highest BCUT2D eigenvalue weighted by Gasteiger charge is 2.27. The van der Waals surface area contributed by atoms with Crippen LogP contribution in [0.15, 0.2) is 24.3 Å². The molecule has 0 heterocycles. The van der Waals surface area contributed by atoms with Crippen LogP contribution in [0, 0.1) is 5.92 Å². The van der Waals surface area contributed by atoms with Gasteiger partial charge in [-0.05, 0) is 48.8 Å². The summed E-state index contributed by atoms with van der Waals surface area (Å²) in [6.45, 7) is 1.60. The average molecular weight is 229 g/mol. The summed E-state index contributed by atoms with van der Waals surface area (Å²) in [6, 6.07) is 8.48. The third-order valence-electron chi connectivity index (χ3n) is 3.89. The lowest BCUT2D eigenvalue weighted by Gasteiger charge is -2.29. The van der Waals surface area contributed by atoms with E-state index < -0.39 is 0 Å². The van der Waals surface area contributed by atoms with Gasteiger partial charge in [-0.2, -0.15) is 0 Å². The number of carbonyl (C=O) groups excluding carboxylic acids is 1. The van der Waals surface area contributed by atoms with Crippen LogP contribution in [0.25, 0.3) is 0 Å². The van der Waals surface area contributed by atoms with Crippen molar-refractivity contribution in [2.24, 2.45) is 5.92 Å². The maximum Gasteiger partial charge on any atom is 0.147 e. The Morgan fingerprint density at radius 3 is 2.88 bits per heavy atom. The molecule has 2 heteroatoms. The molecular weight excluding hydrogens is 210 g/mol. The van der Waals surface area contributed by atoms with Crippen LogP contribution in [0.1, 0.15) is 36.3 Å². The summed E-state index contributed by atoms with van der Waals surface area (Å²) >= 11 is 0. The van der Waals surface area contributed by atoms with Crippen molar-refractivity contribution in [2.75, 3.05) is 13.1 Å². The largest absolute Gasteiger partial charge is 0.310 e. The molecule has 1 saturated carbocycles. The Hall–Kier alpha value is -1.15. The van der Waals surface area contributed by atoms with Crippen LogP contribution >= 0.6 is 0 Å². The Morgan fingerprint density at radius 1 is 1.29 bits per heavy atom. The smallest absolute Gasteiger partial charge is 0.147 e. The maximum atomic E-state index is 11.8. The van der Waals surface area contributed by atoms with E-state index in [9.17, 15) is 4.79 Å². The van der Waals surface area contributed by atoms with Gasteiger partial charge in [-0.25, -0.2) is 0 Å². The molecule has 1 aromatic rings. The van der Waals surface area contributed by atoms with Crippen LogP contribution in [-0.4, -0.2) is 18.9 Å². The minimum atomic E-state index is 0.366. The van der Waals surface area contributed by atoms with Gasteiger partial charge in [0.2, 0.25) is 0 Å². The molecule has 0 bridgehead atoms. The molecule has 1 aromatic carbocycles. The first kappa shape index (κ1) is 11.0. The van der Waals surface area contributed by atoms with Gasteiger partial charge in [0, 0.05) is 6.42 Å². The Labute approximate surface area is 102 Å². The van der Waals surface area contributed by atoms with Crippen molar-refractivity contribution in [1.82, 2.24) is 5.32 Å². The van der Waals surface area contributed by atoms with Crippen molar-refractivity contribution < 1.29 is 4.79 Å². The van der Waals surface area contributed by atoms with Gasteiger partial charge < -0.3 is 5.32 Å². The summed E-state index contributed by atoms with van der Waals surface area (Å²) in [7, 11) is 0. The normalized spacial score (nSPS) is 21.8. The summed E-state index contributed by atoms with van der Waals surface area (Å²) in [5.41, 5.74) is 2.82. The highest BCUT2D eigenvalue weighted by atomic mass is 16.1. The molecule has 1 unspecified atom stereocenters. The molecule has 2 aliphatic carbocycles. The number of Topliss-reactive ketones (excluding diaryl/α,β-unsaturated/α-hetero) is 1. The molecule has 0 amide bonds. The first-order valence-electron chi connectivity index (χ1n) is 6.63. The number of benzene rings is 1. The highest BCUT2D eigenvalue weighted by Crippen LogP contribution is 2.37. The van der Waals surface area contributed by atoms with Crippen LogP contribution in [0.4, 0.5) is 0 Å². The summed E-state index contributed by atoms with van der Waals surface area (Å²) in [4.78, 5) is 11.8. The van der Waals surface area contributed by atoms with Crippen LogP contribution in [0.2, 0.25) is 0 Å². The fourth-order valence-corrected chi connectivity index (χ4v) is 2.63. The monoisotopic (exact) mass is 229 g/mol. The number of ketones is 1. The number of rotatable bonds is 6. The van der Waals surface area contributed by atoms with Crippen LogP contribution in [-0.2, 0) is 11.2 Å². The van der Waals surface area contributed by atoms with Crippen molar-refractivity contribution in [3.8, 4) is 0 Å². The van der Waals surface area contributed by atoms with Crippen molar-refractivity contribution in [2.45, 2.75) is 31.6 Å². The van der Waals surface area contributed by atoms with Gasteiger partial charge in [0.15, 0.2) is 0 Å². The van der Waals surface area contributed by atoms with Gasteiger partial charge in [-0.1, -0.05) is 24.3 Å². The Morgan fingerprint density at radius 2 is 2.12 bits per heavy atom. The van der Waals surface area contributed by atoms with Crippen molar-refractivity contribution in [3.05, 3.63) is 35.4 Å². The second-order valence-corrected chi connectivity index (χ2v) is 5.42. The highest BCUT2D eigenvalue weighted by molar-refractivity contribution is 5.81. The van der Waals surface area contributed by atoms with Gasteiger partial charge in [0.05, 0.1) is 6.54 Å². The first-order chi connectivity index (χ1) is 8.33.